The average Bonchev–Trinajstić information content (AvgIpc) is 3.24. The van der Waals surface area contributed by atoms with E-state index in [1.807, 2.05) is 6.07 Å². The summed E-state index contributed by atoms with van der Waals surface area (Å²) >= 11 is 1.40. The second-order valence-corrected chi connectivity index (χ2v) is 6.79. The Morgan fingerprint density at radius 3 is 2.73 bits per heavy atom. The molecule has 1 fully saturated rings. The van der Waals surface area contributed by atoms with Gasteiger partial charge in [-0.25, -0.2) is 0 Å². The van der Waals surface area contributed by atoms with Crippen molar-refractivity contribution in [2.24, 2.45) is 5.92 Å². The molecule has 0 aromatic carbocycles. The van der Waals surface area contributed by atoms with Crippen molar-refractivity contribution in [3.63, 3.8) is 0 Å². The number of nitrogens with one attached hydrogen (secondary N) is 1. The van der Waals surface area contributed by atoms with E-state index in [1.165, 1.54) is 24.0 Å². The van der Waals surface area contributed by atoms with Gasteiger partial charge in [0, 0.05) is 10.8 Å². The van der Waals surface area contributed by atoms with Crippen LogP contribution in [0.15, 0.2) is 34.9 Å². The zero-order chi connectivity index (χ0) is 15.4. The number of ketones is 1. The van der Waals surface area contributed by atoms with E-state index in [1.54, 1.807) is 18.2 Å². The lowest BCUT2D eigenvalue weighted by Gasteiger charge is -2.20. The highest BCUT2D eigenvalue weighted by molar-refractivity contribution is 7.14. The Hall–Kier alpha value is -1.88. The molecule has 2 aromatic heterocycles. The van der Waals surface area contributed by atoms with Gasteiger partial charge >= 0.3 is 0 Å². The summed E-state index contributed by atoms with van der Waals surface area (Å²) in [5.74, 6) is 0.546. The van der Waals surface area contributed by atoms with Gasteiger partial charge in [-0.3, -0.25) is 9.59 Å². The lowest BCUT2D eigenvalue weighted by Crippen LogP contribution is -2.31. The smallest absolute Gasteiger partial charge is 0.238 e. The Bertz CT molecular complexity index is 639. The Morgan fingerprint density at radius 2 is 2.00 bits per heavy atom. The van der Waals surface area contributed by atoms with Crippen molar-refractivity contribution >= 4 is 23.0 Å². The number of carbonyl (C=O) groups excluding carboxylic acids is 2. The molecule has 22 heavy (non-hydrogen) atoms. The number of furan rings is 1. The third-order valence-corrected chi connectivity index (χ3v) is 5.13. The van der Waals surface area contributed by atoms with Crippen LogP contribution >= 0.6 is 11.3 Å². The first-order chi connectivity index (χ1) is 10.7. The van der Waals surface area contributed by atoms with Gasteiger partial charge < -0.3 is 9.73 Å². The van der Waals surface area contributed by atoms with E-state index in [0.29, 0.717) is 17.2 Å². The van der Waals surface area contributed by atoms with Crippen molar-refractivity contribution in [2.45, 2.75) is 38.6 Å². The minimum absolute atomic E-state index is 0.111. The Balaban J connectivity index is 1.55. The van der Waals surface area contributed by atoms with Crippen LogP contribution in [-0.2, 0) is 11.3 Å². The quantitative estimate of drug-likeness (QED) is 0.854. The second kappa shape index (κ2) is 6.92. The maximum atomic E-state index is 12.1. The molecule has 2 heterocycles. The maximum absolute atomic E-state index is 12.1. The van der Waals surface area contributed by atoms with Crippen molar-refractivity contribution < 1.29 is 14.0 Å². The standard InChI is InChI=1S/C17H19NO3S/c19-16(14-7-4-10-21-14)15-9-8-13(22-15)11-18-17(20)12-5-2-1-3-6-12/h4,7-10,12H,1-3,5-6,11H2,(H,18,20). The van der Waals surface area contributed by atoms with Crippen LogP contribution in [0.3, 0.4) is 0 Å². The van der Waals surface area contributed by atoms with E-state index < -0.39 is 0 Å². The van der Waals surface area contributed by atoms with Gasteiger partial charge in [0.15, 0.2) is 5.76 Å². The average molecular weight is 317 g/mol. The summed E-state index contributed by atoms with van der Waals surface area (Å²) in [6.45, 7) is 0.492. The highest BCUT2D eigenvalue weighted by Crippen LogP contribution is 2.24. The van der Waals surface area contributed by atoms with Gasteiger partial charge in [-0.2, -0.15) is 0 Å². The predicted molar refractivity (Wildman–Crippen MR) is 84.9 cm³/mol. The monoisotopic (exact) mass is 317 g/mol. The summed E-state index contributed by atoms with van der Waals surface area (Å²) in [4.78, 5) is 25.9. The van der Waals surface area contributed by atoms with Gasteiger partial charge in [-0.1, -0.05) is 19.3 Å². The molecule has 1 aliphatic carbocycles. The first-order valence-electron chi connectivity index (χ1n) is 7.68. The molecule has 1 amide bonds. The lowest BCUT2D eigenvalue weighted by molar-refractivity contribution is -0.126. The topological polar surface area (TPSA) is 59.3 Å². The number of carbonyl (C=O) groups is 2. The van der Waals surface area contributed by atoms with Crippen LogP contribution in [0.25, 0.3) is 0 Å². The number of amides is 1. The van der Waals surface area contributed by atoms with Crippen LogP contribution < -0.4 is 5.32 Å². The van der Waals surface area contributed by atoms with Gasteiger partial charge in [-0.15, -0.1) is 11.3 Å². The second-order valence-electron chi connectivity index (χ2n) is 5.63. The Kier molecular flexibility index (Phi) is 4.73. The van der Waals surface area contributed by atoms with Gasteiger partial charge in [0.1, 0.15) is 0 Å². The first-order valence-corrected chi connectivity index (χ1v) is 8.50. The summed E-state index contributed by atoms with van der Waals surface area (Å²) in [6, 6.07) is 7.04. The van der Waals surface area contributed by atoms with Crippen LogP contribution in [0.1, 0.15) is 52.4 Å². The van der Waals surface area contributed by atoms with Crippen molar-refractivity contribution in [1.29, 1.82) is 0 Å². The largest absolute Gasteiger partial charge is 0.461 e. The minimum atomic E-state index is -0.111. The highest BCUT2D eigenvalue weighted by Gasteiger charge is 2.21. The fraction of sp³-hybridized carbons (Fsp3) is 0.412. The van der Waals surface area contributed by atoms with Crippen LogP contribution in [0.2, 0.25) is 0 Å². The zero-order valence-electron chi connectivity index (χ0n) is 12.3. The van der Waals surface area contributed by atoms with Crippen molar-refractivity contribution in [3.8, 4) is 0 Å². The van der Waals surface area contributed by atoms with E-state index in [0.717, 1.165) is 30.6 Å². The highest BCUT2D eigenvalue weighted by atomic mass is 32.1. The number of rotatable bonds is 5. The molecule has 4 nitrogen and oxygen atoms in total. The zero-order valence-corrected chi connectivity index (χ0v) is 13.2. The van der Waals surface area contributed by atoms with Gasteiger partial charge in [-0.05, 0) is 37.1 Å². The molecular formula is C17H19NO3S. The lowest BCUT2D eigenvalue weighted by atomic mass is 9.89. The normalized spacial score (nSPS) is 15.6. The van der Waals surface area contributed by atoms with Crippen molar-refractivity contribution in [1.82, 2.24) is 5.32 Å². The SMILES string of the molecule is O=C(c1ccco1)c1ccc(CNC(=O)C2CCCCC2)s1. The van der Waals surface area contributed by atoms with Crippen molar-refractivity contribution in [3.05, 3.63) is 46.0 Å². The van der Waals surface area contributed by atoms with Crippen LogP contribution in [0.5, 0.6) is 0 Å². The fourth-order valence-corrected chi connectivity index (χ4v) is 3.70. The number of hydrogen-bond donors (Lipinski definition) is 1. The molecule has 1 saturated carbocycles. The Labute approximate surface area is 133 Å². The van der Waals surface area contributed by atoms with E-state index in [9.17, 15) is 9.59 Å². The minimum Gasteiger partial charge on any atom is -0.461 e. The van der Waals surface area contributed by atoms with Gasteiger partial charge in [0.25, 0.3) is 0 Å². The Morgan fingerprint density at radius 1 is 1.18 bits per heavy atom. The third kappa shape index (κ3) is 3.47. The van der Waals surface area contributed by atoms with Crippen LogP contribution in [0, 0.1) is 5.92 Å². The van der Waals surface area contributed by atoms with E-state index in [2.05, 4.69) is 5.32 Å². The van der Waals surface area contributed by atoms with Gasteiger partial charge in [0.05, 0.1) is 17.7 Å². The van der Waals surface area contributed by atoms with E-state index in [4.69, 9.17) is 4.42 Å². The molecule has 1 N–H and O–H groups in total. The summed E-state index contributed by atoms with van der Waals surface area (Å²) in [5.41, 5.74) is 0. The molecule has 0 aliphatic heterocycles. The predicted octanol–water partition coefficient (Wildman–Crippen LogP) is 3.77. The van der Waals surface area contributed by atoms with Crippen LogP contribution in [-0.4, -0.2) is 11.7 Å². The molecule has 2 aromatic rings. The van der Waals surface area contributed by atoms with E-state index >= 15 is 0 Å². The third-order valence-electron chi connectivity index (χ3n) is 4.04. The molecule has 0 atom stereocenters. The first kappa shape index (κ1) is 15.0. The molecular weight excluding hydrogens is 298 g/mol. The number of thiophene rings is 1. The summed E-state index contributed by atoms with van der Waals surface area (Å²) in [6.07, 6.45) is 7.04. The molecule has 116 valence electrons. The summed E-state index contributed by atoms with van der Waals surface area (Å²) < 4.78 is 5.12. The molecule has 1 aliphatic rings. The molecule has 0 saturated heterocycles. The number of hydrogen-bond acceptors (Lipinski definition) is 4. The van der Waals surface area contributed by atoms with Gasteiger partial charge in [0.2, 0.25) is 11.7 Å². The maximum Gasteiger partial charge on any atom is 0.238 e. The molecule has 0 spiro atoms. The fourth-order valence-electron chi connectivity index (χ4n) is 2.81. The van der Waals surface area contributed by atoms with E-state index in [-0.39, 0.29) is 17.6 Å². The summed E-state index contributed by atoms with van der Waals surface area (Å²) in [7, 11) is 0. The molecule has 3 rings (SSSR count). The summed E-state index contributed by atoms with van der Waals surface area (Å²) in [5, 5.41) is 2.99. The van der Waals surface area contributed by atoms with Crippen LogP contribution in [0.4, 0.5) is 0 Å². The molecule has 5 heteroatoms. The molecule has 0 bridgehead atoms. The van der Waals surface area contributed by atoms with Crippen molar-refractivity contribution in [2.75, 3.05) is 0 Å². The molecule has 0 unspecified atom stereocenters. The molecule has 0 radical (unpaired) electrons.